The molecule has 2 aliphatic rings. The van der Waals surface area contributed by atoms with E-state index in [0.717, 1.165) is 19.4 Å². The van der Waals surface area contributed by atoms with Crippen LogP contribution in [0.25, 0.3) is 11.1 Å². The van der Waals surface area contributed by atoms with Gasteiger partial charge < -0.3 is 24.3 Å². The molecule has 3 heterocycles. The topological polar surface area (TPSA) is 70.8 Å². The van der Waals surface area contributed by atoms with Gasteiger partial charge in [-0.05, 0) is 25.0 Å². The number of hydrogen-bond acceptors (Lipinski definition) is 5. The van der Waals surface area contributed by atoms with E-state index in [1.54, 1.807) is 11.0 Å². The van der Waals surface area contributed by atoms with Crippen molar-refractivity contribution in [2.45, 2.75) is 18.9 Å². The van der Waals surface area contributed by atoms with Gasteiger partial charge in [0.25, 0.3) is 6.01 Å². The van der Waals surface area contributed by atoms with Crippen LogP contribution in [0.5, 0.6) is 0 Å². The number of benzene rings is 1. The minimum absolute atomic E-state index is 0.0378. The number of ether oxygens (including phenoxy) is 1. The Morgan fingerprint density at radius 1 is 1.28 bits per heavy atom. The molecular weight excluding hydrogens is 327 g/mol. The van der Waals surface area contributed by atoms with Gasteiger partial charge >= 0.3 is 6.03 Å². The molecule has 134 valence electrons. The summed E-state index contributed by atoms with van der Waals surface area (Å²) in [7, 11) is 0. The van der Waals surface area contributed by atoms with Crippen LogP contribution >= 0.6 is 0 Å². The average molecular weight is 348 g/mol. The minimum Gasteiger partial charge on any atom is -0.423 e. The number of rotatable bonds is 2. The Labute approximate surface area is 144 Å². The van der Waals surface area contributed by atoms with E-state index in [4.69, 9.17) is 9.15 Å². The fraction of sp³-hybridized carbons (Fsp3) is 0.529. The second-order valence-electron chi connectivity index (χ2n) is 6.44. The van der Waals surface area contributed by atoms with Crippen LogP contribution in [0.3, 0.4) is 0 Å². The van der Waals surface area contributed by atoms with E-state index in [0.29, 0.717) is 50.0 Å². The predicted octanol–water partition coefficient (Wildman–Crippen LogP) is 1.98. The lowest BCUT2D eigenvalue weighted by molar-refractivity contribution is 0.0523. The van der Waals surface area contributed by atoms with Gasteiger partial charge in [0.05, 0.1) is 13.2 Å². The highest BCUT2D eigenvalue weighted by atomic mass is 19.1. The van der Waals surface area contributed by atoms with E-state index in [9.17, 15) is 9.18 Å². The zero-order chi connectivity index (χ0) is 17.2. The number of aromatic nitrogens is 1. The number of carbonyl (C=O) groups excluding carboxylic acids is 1. The molecule has 0 aliphatic carbocycles. The Morgan fingerprint density at radius 2 is 2.12 bits per heavy atom. The number of halogens is 1. The number of carbonyl (C=O) groups is 1. The van der Waals surface area contributed by atoms with Crippen molar-refractivity contribution in [1.82, 2.24) is 15.2 Å². The van der Waals surface area contributed by atoms with Gasteiger partial charge in [0.15, 0.2) is 5.58 Å². The highest BCUT2D eigenvalue weighted by Gasteiger charge is 2.26. The Hall–Kier alpha value is -2.35. The normalized spacial score (nSPS) is 21.6. The van der Waals surface area contributed by atoms with Crippen molar-refractivity contribution in [2.75, 3.05) is 44.3 Å². The molecule has 1 N–H and O–H groups in total. The van der Waals surface area contributed by atoms with E-state index in [1.807, 2.05) is 4.90 Å². The van der Waals surface area contributed by atoms with Gasteiger partial charge in [-0.1, -0.05) is 0 Å². The number of urea groups is 1. The molecular formula is C17H21FN4O3. The van der Waals surface area contributed by atoms with Gasteiger partial charge in [-0.2, -0.15) is 4.98 Å². The Morgan fingerprint density at radius 3 is 2.96 bits per heavy atom. The smallest absolute Gasteiger partial charge is 0.317 e. The van der Waals surface area contributed by atoms with E-state index in [1.165, 1.54) is 12.1 Å². The predicted molar refractivity (Wildman–Crippen MR) is 90.1 cm³/mol. The van der Waals surface area contributed by atoms with Crippen LogP contribution < -0.4 is 10.2 Å². The van der Waals surface area contributed by atoms with Gasteiger partial charge in [0.2, 0.25) is 0 Å². The summed E-state index contributed by atoms with van der Waals surface area (Å²) in [4.78, 5) is 20.6. The largest absolute Gasteiger partial charge is 0.423 e. The van der Waals surface area contributed by atoms with Crippen LogP contribution in [0.1, 0.15) is 12.8 Å². The second-order valence-corrected chi connectivity index (χ2v) is 6.44. The SMILES string of the molecule is O=C(NC1CCCN(c2nc3ccc(F)cc3o2)C1)N1CCOCC1. The molecule has 1 atom stereocenters. The number of nitrogens with one attached hydrogen (secondary N) is 1. The number of nitrogens with zero attached hydrogens (tertiary/aromatic N) is 3. The van der Waals surface area contributed by atoms with Crippen LogP contribution in [-0.4, -0.2) is 61.3 Å². The fourth-order valence-electron chi connectivity index (χ4n) is 3.32. The molecule has 8 heteroatoms. The van der Waals surface area contributed by atoms with E-state index in [2.05, 4.69) is 10.3 Å². The first-order chi connectivity index (χ1) is 12.2. The molecule has 2 aromatic rings. The quantitative estimate of drug-likeness (QED) is 0.899. The number of oxazole rings is 1. The second kappa shape index (κ2) is 6.87. The summed E-state index contributed by atoms with van der Waals surface area (Å²) in [6, 6.07) is 4.79. The zero-order valence-corrected chi connectivity index (χ0v) is 13.9. The Bertz CT molecular complexity index is 759. The lowest BCUT2D eigenvalue weighted by Crippen LogP contribution is -2.53. The first-order valence-corrected chi connectivity index (χ1v) is 8.63. The molecule has 2 saturated heterocycles. The monoisotopic (exact) mass is 348 g/mol. The number of piperidine rings is 1. The third-order valence-corrected chi connectivity index (χ3v) is 4.66. The Kier molecular flexibility index (Phi) is 4.44. The molecule has 25 heavy (non-hydrogen) atoms. The summed E-state index contributed by atoms with van der Waals surface area (Å²) >= 11 is 0. The number of anilines is 1. The number of fused-ring (bicyclic) bond motifs is 1. The maximum atomic E-state index is 13.3. The molecule has 0 saturated carbocycles. The lowest BCUT2D eigenvalue weighted by atomic mass is 10.1. The van der Waals surface area contributed by atoms with Gasteiger partial charge in [-0.15, -0.1) is 0 Å². The van der Waals surface area contributed by atoms with Gasteiger partial charge in [-0.3, -0.25) is 0 Å². The highest BCUT2D eigenvalue weighted by Crippen LogP contribution is 2.25. The van der Waals surface area contributed by atoms with Gasteiger partial charge in [0, 0.05) is 38.3 Å². The molecule has 0 radical (unpaired) electrons. The van der Waals surface area contributed by atoms with Crippen molar-refractivity contribution in [1.29, 1.82) is 0 Å². The lowest BCUT2D eigenvalue weighted by Gasteiger charge is -2.34. The number of amides is 2. The third-order valence-electron chi connectivity index (χ3n) is 4.66. The molecule has 0 spiro atoms. The molecule has 7 nitrogen and oxygen atoms in total. The first-order valence-electron chi connectivity index (χ1n) is 8.63. The van der Waals surface area contributed by atoms with Crippen molar-refractivity contribution in [3.05, 3.63) is 24.0 Å². The van der Waals surface area contributed by atoms with E-state index >= 15 is 0 Å². The summed E-state index contributed by atoms with van der Waals surface area (Å²) < 4.78 is 24.3. The summed E-state index contributed by atoms with van der Waals surface area (Å²) in [5, 5.41) is 3.09. The Balaban J connectivity index is 1.42. The van der Waals surface area contributed by atoms with Gasteiger partial charge in [-0.25, -0.2) is 9.18 Å². The molecule has 2 fully saturated rings. The van der Waals surface area contributed by atoms with Crippen LogP contribution in [0, 0.1) is 5.82 Å². The van der Waals surface area contributed by atoms with Crippen molar-refractivity contribution in [3.63, 3.8) is 0 Å². The third kappa shape index (κ3) is 3.53. The van der Waals surface area contributed by atoms with Crippen LogP contribution in [0.2, 0.25) is 0 Å². The maximum Gasteiger partial charge on any atom is 0.317 e. The molecule has 1 aromatic heterocycles. The molecule has 2 aliphatic heterocycles. The zero-order valence-electron chi connectivity index (χ0n) is 13.9. The molecule has 1 aromatic carbocycles. The molecule has 4 rings (SSSR count). The maximum absolute atomic E-state index is 13.3. The fourth-order valence-corrected chi connectivity index (χ4v) is 3.32. The molecule has 2 amide bonds. The first kappa shape index (κ1) is 16.1. The van der Waals surface area contributed by atoms with Crippen LogP contribution in [0.15, 0.2) is 22.6 Å². The minimum atomic E-state index is -0.343. The van der Waals surface area contributed by atoms with E-state index < -0.39 is 0 Å². The van der Waals surface area contributed by atoms with Crippen molar-refractivity contribution >= 4 is 23.1 Å². The number of morpholine rings is 1. The summed E-state index contributed by atoms with van der Waals surface area (Å²) in [6.45, 7) is 3.86. The summed E-state index contributed by atoms with van der Waals surface area (Å²) in [6.07, 6.45) is 1.85. The molecule has 0 bridgehead atoms. The van der Waals surface area contributed by atoms with Crippen LogP contribution in [-0.2, 0) is 4.74 Å². The van der Waals surface area contributed by atoms with Crippen molar-refractivity contribution in [3.8, 4) is 0 Å². The average Bonchev–Trinajstić information content (AvgIpc) is 3.06. The molecule has 1 unspecified atom stereocenters. The number of hydrogen-bond donors (Lipinski definition) is 1. The summed E-state index contributed by atoms with van der Waals surface area (Å²) in [5.41, 5.74) is 1.07. The standard InChI is InChI=1S/C17H21FN4O3/c18-12-3-4-14-15(10-12)25-17(20-14)22-5-1-2-13(11-22)19-16(23)21-6-8-24-9-7-21/h3-4,10,13H,1-2,5-9,11H2,(H,19,23). The van der Waals surface area contributed by atoms with Crippen molar-refractivity contribution < 1.29 is 18.3 Å². The summed E-state index contributed by atoms with van der Waals surface area (Å²) in [5.74, 6) is -0.343. The van der Waals surface area contributed by atoms with Crippen LogP contribution in [0.4, 0.5) is 15.2 Å². The van der Waals surface area contributed by atoms with Crippen molar-refractivity contribution in [2.24, 2.45) is 0 Å². The highest BCUT2D eigenvalue weighted by molar-refractivity contribution is 5.75. The van der Waals surface area contributed by atoms with E-state index in [-0.39, 0.29) is 17.9 Å². The van der Waals surface area contributed by atoms with Gasteiger partial charge in [0.1, 0.15) is 11.3 Å².